The Kier molecular flexibility index (Phi) is 2.32. The maximum Gasteiger partial charge on any atom is 0.249 e. The van der Waals surface area contributed by atoms with Gasteiger partial charge in [-0.3, -0.25) is 0 Å². The summed E-state index contributed by atoms with van der Waals surface area (Å²) in [5.74, 6) is 0. The van der Waals surface area contributed by atoms with E-state index in [4.69, 9.17) is 4.79 Å². The summed E-state index contributed by atoms with van der Waals surface area (Å²) in [6.07, 6.45) is 5.62. The van der Waals surface area contributed by atoms with Crippen molar-refractivity contribution < 1.29 is 4.79 Å². The summed E-state index contributed by atoms with van der Waals surface area (Å²) in [6.45, 7) is 0. The SMILES string of the molecule is C#CN=C=O. The molecule has 0 saturated carbocycles. The van der Waals surface area contributed by atoms with Crippen LogP contribution in [0.4, 0.5) is 0 Å². The normalized spacial score (nSPS) is 3.80. The van der Waals surface area contributed by atoms with E-state index >= 15 is 0 Å². The fourth-order valence-corrected chi connectivity index (χ4v) is 0.0264. The highest BCUT2D eigenvalue weighted by Gasteiger charge is 1.39. The Morgan fingerprint density at radius 3 is 2.40 bits per heavy atom. The van der Waals surface area contributed by atoms with Gasteiger partial charge in [-0.1, -0.05) is 6.42 Å². The second-order valence-corrected chi connectivity index (χ2v) is 0.332. The van der Waals surface area contributed by atoms with E-state index in [1.165, 1.54) is 0 Å². The Bertz CT molecular complexity index is 94.0. The third-order valence-corrected chi connectivity index (χ3v) is 0.110. The van der Waals surface area contributed by atoms with Gasteiger partial charge in [0.25, 0.3) is 0 Å². The molecule has 0 aliphatic rings. The van der Waals surface area contributed by atoms with Crippen LogP contribution in [0.25, 0.3) is 0 Å². The lowest BCUT2D eigenvalue weighted by molar-refractivity contribution is 0.565. The van der Waals surface area contributed by atoms with Crippen molar-refractivity contribution in [2.45, 2.75) is 0 Å². The maximum atomic E-state index is 8.97. The van der Waals surface area contributed by atoms with Crippen molar-refractivity contribution in [2.24, 2.45) is 4.99 Å². The zero-order valence-electron chi connectivity index (χ0n) is 2.43. The lowest BCUT2D eigenvalue weighted by Crippen LogP contribution is -1.39. The van der Waals surface area contributed by atoms with Crippen molar-refractivity contribution in [1.82, 2.24) is 0 Å². The molecule has 24 valence electrons. The first-order chi connectivity index (χ1) is 2.41. The Labute approximate surface area is 29.5 Å². The van der Waals surface area contributed by atoms with Gasteiger partial charge in [-0.15, -0.1) is 4.99 Å². The van der Waals surface area contributed by atoms with E-state index in [1.807, 2.05) is 0 Å². The monoisotopic (exact) mass is 67.0 g/mol. The van der Waals surface area contributed by atoms with E-state index < -0.39 is 0 Å². The van der Waals surface area contributed by atoms with Crippen LogP contribution in [0.1, 0.15) is 0 Å². The Balaban J connectivity index is 3.46. The first-order valence-corrected chi connectivity index (χ1v) is 0.940. The molecule has 5 heavy (non-hydrogen) atoms. The molecule has 0 rings (SSSR count). The molecule has 0 saturated heterocycles. The van der Waals surface area contributed by atoms with Crippen molar-refractivity contribution in [3.05, 3.63) is 0 Å². The number of carbonyl (C=O) groups excluding carboxylic acids is 1. The standard InChI is InChI=1S/C3HNO/c1-2-4-3-5/h1H. The summed E-state index contributed by atoms with van der Waals surface area (Å²) in [7, 11) is 0. The van der Waals surface area contributed by atoms with E-state index in [1.54, 1.807) is 6.04 Å². The first-order valence-electron chi connectivity index (χ1n) is 0.940. The highest BCUT2D eigenvalue weighted by atomic mass is 16.1. The predicted molar refractivity (Wildman–Crippen MR) is 17.0 cm³/mol. The van der Waals surface area contributed by atoms with Crippen LogP contribution in [0.2, 0.25) is 0 Å². The fourth-order valence-electron chi connectivity index (χ4n) is 0.0264. The van der Waals surface area contributed by atoms with Crippen LogP contribution < -0.4 is 0 Å². The minimum Gasteiger partial charge on any atom is -0.210 e. The summed E-state index contributed by atoms with van der Waals surface area (Å²) in [5, 5.41) is 0. The molecule has 0 aromatic heterocycles. The van der Waals surface area contributed by atoms with Gasteiger partial charge >= 0.3 is 0 Å². The van der Waals surface area contributed by atoms with E-state index in [2.05, 4.69) is 11.4 Å². The molecule has 0 atom stereocenters. The predicted octanol–water partition coefficient (Wildman–Crippen LogP) is -0.0871. The molecule has 0 aliphatic carbocycles. The molecule has 0 bridgehead atoms. The molecule has 0 amide bonds. The second kappa shape index (κ2) is 2.94. The van der Waals surface area contributed by atoms with Gasteiger partial charge in [-0.05, 0) is 0 Å². The third kappa shape index (κ3) is 2.94. The quantitative estimate of drug-likeness (QED) is 0.221. The summed E-state index contributed by atoms with van der Waals surface area (Å²) in [6, 6.07) is 1.72. The molecular weight excluding hydrogens is 66.0 g/mol. The fraction of sp³-hybridized carbons (Fsp3) is 0. The molecule has 0 spiro atoms. The molecular formula is C3HNO. The minimum atomic E-state index is 1.16. The number of hydrogen-bond acceptors (Lipinski definition) is 2. The molecule has 0 aliphatic heterocycles. The topological polar surface area (TPSA) is 29.4 Å². The average Bonchev–Trinajstić information content (AvgIpc) is 1.41. The molecule has 0 unspecified atom stereocenters. The number of aliphatic imine (C=N–C) groups is 1. The zero-order chi connectivity index (χ0) is 4.12. The van der Waals surface area contributed by atoms with Gasteiger partial charge < -0.3 is 0 Å². The minimum absolute atomic E-state index is 1.16. The second-order valence-electron chi connectivity index (χ2n) is 0.332. The highest BCUT2D eigenvalue weighted by molar-refractivity contribution is 5.35. The largest absolute Gasteiger partial charge is 0.249 e. The van der Waals surface area contributed by atoms with Crippen LogP contribution in [0.5, 0.6) is 0 Å². The van der Waals surface area contributed by atoms with Crippen molar-refractivity contribution >= 4 is 6.08 Å². The first kappa shape index (κ1) is 3.94. The van der Waals surface area contributed by atoms with Crippen LogP contribution in [-0.4, -0.2) is 6.08 Å². The average molecular weight is 67.0 g/mol. The van der Waals surface area contributed by atoms with Crippen LogP contribution in [0.15, 0.2) is 4.99 Å². The van der Waals surface area contributed by atoms with Gasteiger partial charge in [-0.2, -0.15) is 0 Å². The summed E-state index contributed by atoms with van der Waals surface area (Å²) in [4.78, 5) is 11.7. The maximum absolute atomic E-state index is 8.97. The lowest BCUT2D eigenvalue weighted by Gasteiger charge is -1.38. The van der Waals surface area contributed by atoms with E-state index in [0.717, 1.165) is 6.08 Å². The number of hydrogen-bond donors (Lipinski definition) is 0. The summed E-state index contributed by atoms with van der Waals surface area (Å²) >= 11 is 0. The van der Waals surface area contributed by atoms with E-state index in [-0.39, 0.29) is 0 Å². The van der Waals surface area contributed by atoms with Gasteiger partial charge in [0.05, 0.1) is 0 Å². The summed E-state index contributed by atoms with van der Waals surface area (Å²) < 4.78 is 0. The Morgan fingerprint density at radius 1 is 1.80 bits per heavy atom. The summed E-state index contributed by atoms with van der Waals surface area (Å²) in [5.41, 5.74) is 0. The Morgan fingerprint density at radius 2 is 2.40 bits per heavy atom. The van der Waals surface area contributed by atoms with Crippen LogP contribution in [0, 0.1) is 12.5 Å². The van der Waals surface area contributed by atoms with Gasteiger partial charge in [-0.25, -0.2) is 4.79 Å². The number of rotatable bonds is 0. The zero-order valence-corrected chi connectivity index (χ0v) is 2.43. The van der Waals surface area contributed by atoms with Crippen molar-refractivity contribution in [3.63, 3.8) is 0 Å². The van der Waals surface area contributed by atoms with Crippen molar-refractivity contribution in [3.8, 4) is 12.5 Å². The molecule has 2 nitrogen and oxygen atoms in total. The van der Waals surface area contributed by atoms with Crippen LogP contribution >= 0.6 is 0 Å². The smallest absolute Gasteiger partial charge is 0.210 e. The molecule has 0 aromatic carbocycles. The van der Waals surface area contributed by atoms with Crippen LogP contribution in [-0.2, 0) is 4.79 Å². The van der Waals surface area contributed by atoms with Gasteiger partial charge in [0.1, 0.15) is 0 Å². The van der Waals surface area contributed by atoms with Gasteiger partial charge in [0.15, 0.2) is 0 Å². The number of nitrogens with zero attached hydrogens (tertiary/aromatic N) is 1. The van der Waals surface area contributed by atoms with Crippen molar-refractivity contribution in [1.29, 1.82) is 0 Å². The third-order valence-electron chi connectivity index (χ3n) is 0.110. The molecule has 0 fully saturated rings. The Hall–Kier alpha value is -1.06. The van der Waals surface area contributed by atoms with Gasteiger partial charge in [0.2, 0.25) is 6.08 Å². The number of terminal acetylenes is 1. The molecule has 0 radical (unpaired) electrons. The van der Waals surface area contributed by atoms with Crippen molar-refractivity contribution in [2.75, 3.05) is 0 Å². The molecule has 0 N–H and O–H groups in total. The van der Waals surface area contributed by atoms with E-state index in [9.17, 15) is 0 Å². The molecule has 0 heterocycles. The van der Waals surface area contributed by atoms with E-state index in [0.29, 0.717) is 0 Å². The molecule has 2 heteroatoms. The van der Waals surface area contributed by atoms with Crippen LogP contribution in [0.3, 0.4) is 0 Å². The molecule has 0 aromatic rings. The number of isocyanates is 1. The highest BCUT2D eigenvalue weighted by Crippen LogP contribution is 1.41. The van der Waals surface area contributed by atoms with Gasteiger partial charge in [0, 0.05) is 6.04 Å². The lowest BCUT2D eigenvalue weighted by atomic mass is 11.2.